The van der Waals surface area contributed by atoms with E-state index in [1.807, 2.05) is 0 Å². The molecule has 0 radical (unpaired) electrons. The van der Waals surface area contributed by atoms with E-state index in [1.165, 1.54) is 11.1 Å². The molecular formula is C18H23N3O. The first-order valence-corrected chi connectivity index (χ1v) is 8.09. The van der Waals surface area contributed by atoms with Gasteiger partial charge in [-0.2, -0.15) is 0 Å². The van der Waals surface area contributed by atoms with Gasteiger partial charge in [-0.05, 0) is 69.5 Å². The lowest BCUT2D eigenvalue weighted by atomic mass is 10.00. The van der Waals surface area contributed by atoms with Crippen LogP contribution in [-0.4, -0.2) is 23.4 Å². The average molecular weight is 297 g/mol. The van der Waals surface area contributed by atoms with Gasteiger partial charge in [0.15, 0.2) is 0 Å². The van der Waals surface area contributed by atoms with Crippen molar-refractivity contribution >= 4 is 11.4 Å². The van der Waals surface area contributed by atoms with E-state index >= 15 is 0 Å². The van der Waals surface area contributed by atoms with Crippen molar-refractivity contribution in [3.63, 3.8) is 0 Å². The summed E-state index contributed by atoms with van der Waals surface area (Å²) in [6.07, 6.45) is 2.07. The first kappa shape index (κ1) is 13.8. The van der Waals surface area contributed by atoms with Crippen LogP contribution in [0.25, 0.3) is 5.52 Å². The number of carbonyl (C=O) groups is 1. The highest BCUT2D eigenvalue weighted by atomic mass is 16.2. The number of nitrogens with zero attached hydrogens (tertiary/aromatic N) is 1. The van der Waals surface area contributed by atoms with Gasteiger partial charge in [0.1, 0.15) is 0 Å². The number of fused-ring (bicyclic) bond motifs is 2. The topological polar surface area (TPSA) is 45.5 Å². The largest absolute Gasteiger partial charge is 0.345 e. The van der Waals surface area contributed by atoms with E-state index < -0.39 is 0 Å². The Labute approximate surface area is 130 Å². The van der Waals surface area contributed by atoms with E-state index in [4.69, 9.17) is 0 Å². The summed E-state index contributed by atoms with van der Waals surface area (Å²) in [6, 6.07) is 8.43. The number of aromatic nitrogens is 1. The molecule has 4 heteroatoms. The van der Waals surface area contributed by atoms with Gasteiger partial charge in [-0.15, -0.1) is 0 Å². The highest BCUT2D eigenvalue weighted by Gasteiger charge is 2.57. The zero-order valence-corrected chi connectivity index (χ0v) is 13.4. The Morgan fingerprint density at radius 1 is 1.27 bits per heavy atom. The number of carbonyl (C=O) groups excluding carboxylic acids is 1. The molecule has 3 atom stereocenters. The summed E-state index contributed by atoms with van der Waals surface area (Å²) < 4.78 is 2.19. The third-order valence-electron chi connectivity index (χ3n) is 5.37. The summed E-state index contributed by atoms with van der Waals surface area (Å²) in [5.74, 6) is 1.54. The van der Waals surface area contributed by atoms with Crippen molar-refractivity contribution in [1.82, 2.24) is 15.0 Å². The van der Waals surface area contributed by atoms with Crippen LogP contribution < -0.4 is 10.6 Å². The third-order valence-corrected chi connectivity index (χ3v) is 5.37. The molecule has 2 aliphatic rings. The molecule has 0 unspecified atom stereocenters. The van der Waals surface area contributed by atoms with Crippen molar-refractivity contribution in [2.75, 3.05) is 13.1 Å². The van der Waals surface area contributed by atoms with Crippen LogP contribution in [0.5, 0.6) is 0 Å². The lowest BCUT2D eigenvalue weighted by molar-refractivity contribution is -0.124. The number of hydrogen-bond donors (Lipinski definition) is 2. The van der Waals surface area contributed by atoms with Crippen molar-refractivity contribution in [1.29, 1.82) is 0 Å². The Morgan fingerprint density at radius 3 is 2.73 bits per heavy atom. The summed E-state index contributed by atoms with van der Waals surface area (Å²) in [5, 5.41) is 6.62. The third kappa shape index (κ3) is 1.97. The van der Waals surface area contributed by atoms with E-state index in [-0.39, 0.29) is 17.4 Å². The molecule has 4 rings (SSSR count). The van der Waals surface area contributed by atoms with Crippen LogP contribution in [0, 0.1) is 24.7 Å². The van der Waals surface area contributed by atoms with Gasteiger partial charge in [0, 0.05) is 23.3 Å². The first-order chi connectivity index (χ1) is 10.5. The Hall–Kier alpha value is -1.81. The number of pyridine rings is 1. The fraction of sp³-hybridized carbons (Fsp3) is 0.500. The van der Waals surface area contributed by atoms with Crippen LogP contribution in [0.4, 0.5) is 0 Å². The maximum atomic E-state index is 12.6. The molecule has 1 aliphatic heterocycles. The molecule has 4 nitrogen and oxygen atoms in total. The molecule has 0 bridgehead atoms. The molecule has 0 aromatic carbocycles. The van der Waals surface area contributed by atoms with Crippen LogP contribution in [-0.2, 0) is 10.3 Å². The SMILES string of the molecule is Cc1cccn2c(C(C)(C)NC(=O)[C@H]3[C@@H]4CNC[C@@H]43)ccc12. The summed E-state index contributed by atoms with van der Waals surface area (Å²) in [5.41, 5.74) is 3.20. The van der Waals surface area contributed by atoms with Gasteiger partial charge in [0.2, 0.25) is 5.91 Å². The van der Waals surface area contributed by atoms with Crippen molar-refractivity contribution in [3.8, 4) is 0 Å². The number of amides is 1. The van der Waals surface area contributed by atoms with E-state index in [1.54, 1.807) is 0 Å². The minimum Gasteiger partial charge on any atom is -0.345 e. The monoisotopic (exact) mass is 297 g/mol. The number of aryl methyl sites for hydroxylation is 1. The minimum atomic E-state index is -0.373. The second-order valence-corrected chi connectivity index (χ2v) is 7.29. The minimum absolute atomic E-state index is 0.212. The smallest absolute Gasteiger partial charge is 0.224 e. The van der Waals surface area contributed by atoms with Gasteiger partial charge in [0.25, 0.3) is 0 Å². The van der Waals surface area contributed by atoms with E-state index in [9.17, 15) is 4.79 Å². The number of hydrogen-bond acceptors (Lipinski definition) is 2. The molecule has 1 aliphatic carbocycles. The Morgan fingerprint density at radius 2 is 2.00 bits per heavy atom. The zero-order valence-electron chi connectivity index (χ0n) is 13.4. The molecule has 1 saturated carbocycles. The standard InChI is InChI=1S/C18H23N3O/c1-11-5-4-8-21-14(11)6-7-15(21)18(2,3)20-17(22)16-12-9-19-10-13(12)16/h4-8,12-13,16,19H,9-10H2,1-3H3,(H,20,22)/t12-,13+,16+. The molecule has 1 saturated heterocycles. The maximum absolute atomic E-state index is 12.6. The van der Waals surface area contributed by atoms with E-state index in [0.717, 1.165) is 18.8 Å². The molecule has 1 amide bonds. The van der Waals surface area contributed by atoms with Crippen molar-refractivity contribution in [2.24, 2.45) is 17.8 Å². The zero-order chi connectivity index (χ0) is 15.5. The van der Waals surface area contributed by atoms with E-state index in [2.05, 4.69) is 66.3 Å². The fourth-order valence-corrected chi connectivity index (χ4v) is 4.06. The van der Waals surface area contributed by atoms with E-state index in [0.29, 0.717) is 11.8 Å². The fourth-order valence-electron chi connectivity index (χ4n) is 4.06. The van der Waals surface area contributed by atoms with Crippen LogP contribution in [0.2, 0.25) is 0 Å². The van der Waals surface area contributed by atoms with Crippen LogP contribution in [0.1, 0.15) is 25.1 Å². The molecule has 3 heterocycles. The normalized spacial score (nSPS) is 27.0. The van der Waals surface area contributed by atoms with Gasteiger partial charge in [-0.1, -0.05) is 6.07 Å². The van der Waals surface area contributed by atoms with Gasteiger partial charge in [0.05, 0.1) is 5.54 Å². The van der Waals surface area contributed by atoms with Crippen molar-refractivity contribution < 1.29 is 4.79 Å². The molecule has 2 fully saturated rings. The van der Waals surface area contributed by atoms with Crippen LogP contribution in [0.15, 0.2) is 30.5 Å². The number of piperidine rings is 1. The van der Waals surface area contributed by atoms with Crippen molar-refractivity contribution in [2.45, 2.75) is 26.3 Å². The Balaban J connectivity index is 1.59. The predicted molar refractivity (Wildman–Crippen MR) is 86.6 cm³/mol. The second-order valence-electron chi connectivity index (χ2n) is 7.29. The molecule has 116 valence electrons. The summed E-state index contributed by atoms with van der Waals surface area (Å²) in [7, 11) is 0. The predicted octanol–water partition coefficient (Wildman–Crippen LogP) is 2.06. The van der Waals surface area contributed by atoms with Gasteiger partial charge in [-0.3, -0.25) is 4.79 Å². The summed E-state index contributed by atoms with van der Waals surface area (Å²) >= 11 is 0. The molecule has 22 heavy (non-hydrogen) atoms. The second kappa shape index (κ2) is 4.59. The van der Waals surface area contributed by atoms with Crippen molar-refractivity contribution in [3.05, 3.63) is 41.7 Å². The molecular weight excluding hydrogens is 274 g/mol. The van der Waals surface area contributed by atoms with Gasteiger partial charge in [-0.25, -0.2) is 0 Å². The quantitative estimate of drug-likeness (QED) is 0.911. The highest BCUT2D eigenvalue weighted by Crippen LogP contribution is 2.49. The molecule has 2 N–H and O–H groups in total. The number of rotatable bonds is 3. The summed E-state index contributed by atoms with van der Waals surface area (Å²) in [6.45, 7) is 8.28. The van der Waals surface area contributed by atoms with Crippen LogP contribution in [0.3, 0.4) is 0 Å². The molecule has 0 spiro atoms. The van der Waals surface area contributed by atoms with Crippen LogP contribution >= 0.6 is 0 Å². The number of nitrogens with one attached hydrogen (secondary N) is 2. The Kier molecular flexibility index (Phi) is 2.89. The maximum Gasteiger partial charge on any atom is 0.224 e. The average Bonchev–Trinajstić information content (AvgIpc) is 2.85. The lowest BCUT2D eigenvalue weighted by Gasteiger charge is -2.27. The first-order valence-electron chi connectivity index (χ1n) is 8.09. The molecule has 2 aromatic rings. The Bertz CT molecular complexity index is 736. The van der Waals surface area contributed by atoms with Gasteiger partial charge >= 0.3 is 0 Å². The lowest BCUT2D eigenvalue weighted by Crippen LogP contribution is -2.43. The van der Waals surface area contributed by atoms with Gasteiger partial charge < -0.3 is 15.0 Å². The summed E-state index contributed by atoms with van der Waals surface area (Å²) in [4.78, 5) is 12.6. The highest BCUT2D eigenvalue weighted by molar-refractivity contribution is 5.83. The molecule has 2 aromatic heterocycles.